The molecule has 0 saturated carbocycles. The Hall–Kier alpha value is -2.98. The van der Waals surface area contributed by atoms with Crippen LogP contribution in [0.3, 0.4) is 0 Å². The van der Waals surface area contributed by atoms with Gasteiger partial charge in [0.15, 0.2) is 5.13 Å². The Bertz CT molecular complexity index is 1320. The van der Waals surface area contributed by atoms with Gasteiger partial charge in [0.2, 0.25) is 6.04 Å². The van der Waals surface area contributed by atoms with Crippen LogP contribution in [0.2, 0.25) is 4.34 Å². The molecule has 0 aliphatic carbocycles. The van der Waals surface area contributed by atoms with Crippen LogP contribution in [-0.4, -0.2) is 61.5 Å². The molecule has 0 radical (unpaired) electrons. The van der Waals surface area contributed by atoms with E-state index < -0.39 is 35.2 Å². The number of amides is 2. The molecule has 0 aromatic carbocycles. The number of nitrogens with zero attached hydrogens (tertiary/aromatic N) is 4. The molecular weight excluding hydrogens is 562 g/mol. The van der Waals surface area contributed by atoms with E-state index in [0.29, 0.717) is 17.9 Å². The van der Waals surface area contributed by atoms with Gasteiger partial charge in [-0.1, -0.05) is 46.9 Å². The van der Waals surface area contributed by atoms with Crippen molar-refractivity contribution in [3.8, 4) is 0 Å². The first-order chi connectivity index (χ1) is 17.8. The molecule has 2 amide bonds. The highest BCUT2D eigenvalue weighted by Crippen LogP contribution is 2.46. The van der Waals surface area contributed by atoms with Crippen molar-refractivity contribution < 1.29 is 19.5 Å². The number of nitrogens with two attached hydrogens (primary N) is 2. The molecule has 0 spiro atoms. The van der Waals surface area contributed by atoms with Crippen LogP contribution in [0.4, 0.5) is 5.13 Å². The first kappa shape index (κ1) is 27.1. The maximum Gasteiger partial charge on any atom is 0.353 e. The lowest BCUT2D eigenvalue weighted by atomic mass is 10.0. The molecule has 6 N–H and O–H groups in total. The van der Waals surface area contributed by atoms with Gasteiger partial charge >= 0.3 is 5.97 Å². The van der Waals surface area contributed by atoms with Gasteiger partial charge in [-0.2, -0.15) is 0 Å². The van der Waals surface area contributed by atoms with E-state index in [4.69, 9.17) is 23.1 Å². The van der Waals surface area contributed by atoms with Crippen LogP contribution in [0.15, 0.2) is 51.3 Å². The van der Waals surface area contributed by atoms with Gasteiger partial charge in [-0.15, -0.1) is 16.7 Å². The number of pyridine rings is 1. The molecule has 3 atom stereocenters. The maximum atomic E-state index is 13.0. The van der Waals surface area contributed by atoms with Crippen LogP contribution in [-0.2, 0) is 20.8 Å². The zero-order chi connectivity index (χ0) is 26.7. The third-order valence-electron chi connectivity index (χ3n) is 5.41. The summed E-state index contributed by atoms with van der Waals surface area (Å²) < 4.78 is 0.0395. The average Bonchev–Trinajstić information content (AvgIpc) is 3.20. The molecule has 2 aliphatic rings. The summed E-state index contributed by atoms with van der Waals surface area (Å²) in [5, 5.41) is 14.6. The molecule has 2 aliphatic heterocycles. The van der Waals surface area contributed by atoms with Crippen molar-refractivity contribution in [3.05, 3.63) is 61.7 Å². The quantitative estimate of drug-likeness (QED) is 0.182. The number of β-lactam (4-membered cyclic amide) rings is 1. The topological polar surface area (TPSA) is 194 Å². The van der Waals surface area contributed by atoms with Crippen molar-refractivity contribution in [1.29, 1.82) is 0 Å². The number of thiazole rings is 1. The number of nitrogens with one attached hydrogen (secondary N) is 1. The van der Waals surface area contributed by atoms with Crippen LogP contribution in [0, 0.1) is 4.91 Å². The Labute approximate surface area is 227 Å². The van der Waals surface area contributed by atoms with E-state index in [1.807, 2.05) is 12.2 Å². The molecule has 1 saturated heterocycles. The Morgan fingerprint density at radius 2 is 2.22 bits per heavy atom. The summed E-state index contributed by atoms with van der Waals surface area (Å²) in [6.45, 7) is 0.401. The van der Waals surface area contributed by atoms with Crippen molar-refractivity contribution in [2.24, 2.45) is 10.9 Å². The third-order valence-corrected chi connectivity index (χ3v) is 9.18. The number of carbonyl (C=O) groups excluding carboxylic acids is 2. The highest BCUT2D eigenvalue weighted by atomic mass is 35.5. The maximum absolute atomic E-state index is 13.0. The predicted molar refractivity (Wildman–Crippen MR) is 142 cm³/mol. The summed E-state index contributed by atoms with van der Waals surface area (Å²) in [6.07, 6.45) is 7.59. The van der Waals surface area contributed by atoms with Crippen LogP contribution >= 0.6 is 46.5 Å². The van der Waals surface area contributed by atoms with Crippen LogP contribution < -0.4 is 16.8 Å². The summed E-state index contributed by atoms with van der Waals surface area (Å²) in [5.74, 6) is -2.47. The molecule has 37 heavy (non-hydrogen) atoms. The number of anilines is 1. The smallest absolute Gasteiger partial charge is 0.353 e. The lowest BCUT2D eigenvalue weighted by Crippen LogP contribution is -2.70. The van der Waals surface area contributed by atoms with Crippen molar-refractivity contribution in [3.63, 3.8) is 0 Å². The van der Waals surface area contributed by atoms with Crippen molar-refractivity contribution in [2.75, 3.05) is 18.0 Å². The fourth-order valence-electron chi connectivity index (χ4n) is 3.73. The molecule has 2 aromatic heterocycles. The number of allylic oxidation sites excluding steroid dienone is 1. The summed E-state index contributed by atoms with van der Waals surface area (Å²) in [5.41, 5.74) is 11.7. The number of carbonyl (C=O) groups is 3. The van der Waals surface area contributed by atoms with E-state index in [9.17, 15) is 24.4 Å². The van der Waals surface area contributed by atoms with E-state index in [2.05, 4.69) is 20.5 Å². The number of aromatic nitrogens is 2. The summed E-state index contributed by atoms with van der Waals surface area (Å²) in [4.78, 5) is 59.8. The minimum atomic E-state index is -1.60. The fraction of sp³-hybridized carbons (Fsp3) is 0.286. The third kappa shape index (κ3) is 5.50. The number of hydrogen-bond acceptors (Lipinski definition) is 12. The number of nitroso groups, excluding NO2 is 1. The number of hydrogen-bond donors (Lipinski definition) is 4. The highest BCUT2D eigenvalue weighted by Gasteiger charge is 2.55. The van der Waals surface area contributed by atoms with Crippen LogP contribution in [0.1, 0.15) is 17.3 Å². The standard InChI is InChI=1S/C21H20ClN7O5S3/c22-16-12(27-21(24)37-16)13(28-34)17(30)26-14-18(31)29-15(20(32)33)11(8-35-19(14)29)36-10-4-6-25-7-9(10)3-1-2-5-23/h1-2,4,6-7,13-14,19H,3,5,8,23H2,(H2,24,27)(H,26,30)(H,32,33)/t13?,14-,19+/m1/s1. The van der Waals surface area contributed by atoms with E-state index in [1.165, 1.54) is 23.5 Å². The zero-order valence-electron chi connectivity index (χ0n) is 18.9. The van der Waals surface area contributed by atoms with E-state index in [1.54, 1.807) is 18.5 Å². The summed E-state index contributed by atoms with van der Waals surface area (Å²) in [6, 6.07) is -0.866. The number of carboxylic acid groups (broad SMARTS) is 1. The number of halogens is 1. The number of rotatable bonds is 10. The molecule has 12 nitrogen and oxygen atoms in total. The summed E-state index contributed by atoms with van der Waals surface area (Å²) >= 11 is 9.44. The fourth-order valence-corrected chi connectivity index (χ4v) is 7.28. The van der Waals surface area contributed by atoms with E-state index >= 15 is 0 Å². The van der Waals surface area contributed by atoms with Crippen LogP contribution in [0.5, 0.6) is 0 Å². The highest BCUT2D eigenvalue weighted by molar-refractivity contribution is 8.06. The van der Waals surface area contributed by atoms with Gasteiger partial charge in [0.25, 0.3) is 11.8 Å². The van der Waals surface area contributed by atoms with Gasteiger partial charge in [0.05, 0.1) is 0 Å². The Morgan fingerprint density at radius 1 is 1.43 bits per heavy atom. The molecule has 4 heterocycles. The second-order valence-electron chi connectivity index (χ2n) is 7.69. The molecule has 1 fully saturated rings. The molecule has 194 valence electrons. The molecule has 1 unspecified atom stereocenters. The normalized spacial score (nSPS) is 19.9. The van der Waals surface area contributed by atoms with Gasteiger partial charge in [-0.3, -0.25) is 19.5 Å². The van der Waals surface area contributed by atoms with Crippen molar-refractivity contribution >= 4 is 69.4 Å². The lowest BCUT2D eigenvalue weighted by molar-refractivity contribution is -0.150. The second-order valence-corrected chi connectivity index (χ2v) is 11.6. The predicted octanol–water partition coefficient (Wildman–Crippen LogP) is 2.13. The number of fused-ring (bicyclic) bond motifs is 1. The molecule has 16 heteroatoms. The van der Waals surface area contributed by atoms with Crippen molar-refractivity contribution in [1.82, 2.24) is 20.2 Å². The molecular formula is C21H20ClN7O5S3. The number of carboxylic acids is 1. The lowest BCUT2D eigenvalue weighted by Gasteiger charge is -2.49. The molecule has 4 rings (SSSR count). The van der Waals surface area contributed by atoms with Gasteiger partial charge in [0.1, 0.15) is 27.1 Å². The monoisotopic (exact) mass is 581 g/mol. The first-order valence-corrected chi connectivity index (χ1v) is 13.7. The zero-order valence-corrected chi connectivity index (χ0v) is 22.1. The Balaban J connectivity index is 1.53. The largest absolute Gasteiger partial charge is 0.477 e. The van der Waals surface area contributed by atoms with Gasteiger partial charge in [0, 0.05) is 34.5 Å². The van der Waals surface area contributed by atoms with Gasteiger partial charge in [-0.05, 0) is 23.2 Å². The van der Waals surface area contributed by atoms with Gasteiger partial charge < -0.3 is 21.9 Å². The molecule has 2 aromatic rings. The van der Waals surface area contributed by atoms with E-state index in [0.717, 1.165) is 26.7 Å². The molecule has 0 bridgehead atoms. The van der Waals surface area contributed by atoms with E-state index in [-0.39, 0.29) is 26.6 Å². The SMILES string of the molecule is NCC=CCc1cnccc1SC1=C(C(=O)O)N2C(=O)[C@@H](NC(=O)C(N=O)c3nc(N)sc3Cl)[C@@H]2SC1. The Kier molecular flexibility index (Phi) is 8.49. The van der Waals surface area contributed by atoms with Crippen molar-refractivity contribution in [2.45, 2.75) is 28.8 Å². The minimum Gasteiger partial charge on any atom is -0.477 e. The average molecular weight is 582 g/mol. The Morgan fingerprint density at radius 3 is 2.86 bits per heavy atom. The van der Waals surface area contributed by atoms with Gasteiger partial charge in [-0.25, -0.2) is 9.78 Å². The second kappa shape index (κ2) is 11.6. The number of thioether (sulfide) groups is 2. The summed E-state index contributed by atoms with van der Waals surface area (Å²) in [7, 11) is 0. The minimum absolute atomic E-state index is 0.0395. The first-order valence-electron chi connectivity index (χ1n) is 10.7. The number of nitrogen functional groups attached to an aromatic ring is 1. The van der Waals surface area contributed by atoms with Crippen LogP contribution in [0.25, 0.3) is 0 Å². The number of aliphatic carboxylic acids is 1.